The van der Waals surface area contributed by atoms with Crippen molar-refractivity contribution >= 4 is 5.78 Å². The van der Waals surface area contributed by atoms with Crippen molar-refractivity contribution < 1.29 is 13.6 Å². The lowest BCUT2D eigenvalue weighted by atomic mass is 9.98. The smallest absolute Gasteiger partial charge is 0.133 e. The van der Waals surface area contributed by atoms with Gasteiger partial charge in [-0.15, -0.1) is 0 Å². The van der Waals surface area contributed by atoms with Gasteiger partial charge in [0.05, 0.1) is 0 Å². The topological polar surface area (TPSA) is 17.1 Å². The zero-order valence-electron chi connectivity index (χ0n) is 17.7. The predicted molar refractivity (Wildman–Crippen MR) is 125 cm³/mol. The Morgan fingerprint density at radius 2 is 0.906 bits per heavy atom. The summed E-state index contributed by atoms with van der Waals surface area (Å²) < 4.78 is 27.8. The molecule has 0 unspecified atom stereocenters. The quantitative estimate of drug-likeness (QED) is 0.286. The van der Waals surface area contributed by atoms with E-state index in [-0.39, 0.29) is 17.4 Å². The third-order valence-corrected chi connectivity index (χ3v) is 5.66. The van der Waals surface area contributed by atoms with E-state index in [1.54, 1.807) is 24.3 Å². The third-order valence-electron chi connectivity index (χ3n) is 5.66. The van der Waals surface area contributed by atoms with Gasteiger partial charge in [0.25, 0.3) is 0 Å². The summed E-state index contributed by atoms with van der Waals surface area (Å²) in [6.07, 6.45) is 2.30. The van der Waals surface area contributed by atoms with Crippen LogP contribution in [0.2, 0.25) is 0 Å². The van der Waals surface area contributed by atoms with Crippen molar-refractivity contribution in [2.75, 3.05) is 0 Å². The fourth-order valence-corrected chi connectivity index (χ4v) is 3.79. The first-order chi connectivity index (χ1) is 15.6. The second-order valence-electron chi connectivity index (χ2n) is 7.89. The molecular formula is C29H24F2O. The Bertz CT molecular complexity index is 1100. The van der Waals surface area contributed by atoms with Crippen LogP contribution in [0.1, 0.15) is 24.0 Å². The van der Waals surface area contributed by atoms with Crippen LogP contribution in [0.4, 0.5) is 8.78 Å². The van der Waals surface area contributed by atoms with Gasteiger partial charge >= 0.3 is 0 Å². The molecule has 32 heavy (non-hydrogen) atoms. The normalized spacial score (nSPS) is 10.8. The van der Waals surface area contributed by atoms with E-state index < -0.39 is 0 Å². The molecule has 0 N–H and O–H groups in total. The molecule has 0 aromatic heterocycles. The van der Waals surface area contributed by atoms with Crippen LogP contribution in [0.15, 0.2) is 97.1 Å². The fourth-order valence-electron chi connectivity index (χ4n) is 3.79. The van der Waals surface area contributed by atoms with Gasteiger partial charge in [-0.1, -0.05) is 84.9 Å². The zero-order chi connectivity index (χ0) is 22.3. The summed E-state index contributed by atoms with van der Waals surface area (Å²) in [6.45, 7) is 0. The number of hydrogen-bond acceptors (Lipinski definition) is 1. The van der Waals surface area contributed by atoms with E-state index >= 15 is 0 Å². The number of ketones is 1. The molecule has 0 saturated carbocycles. The van der Waals surface area contributed by atoms with Crippen LogP contribution >= 0.6 is 0 Å². The molecule has 0 aliphatic heterocycles. The molecule has 0 atom stereocenters. The van der Waals surface area contributed by atoms with Gasteiger partial charge in [0.1, 0.15) is 17.4 Å². The van der Waals surface area contributed by atoms with Gasteiger partial charge < -0.3 is 0 Å². The van der Waals surface area contributed by atoms with Gasteiger partial charge in [0, 0.05) is 24.0 Å². The van der Waals surface area contributed by atoms with Crippen molar-refractivity contribution in [1.29, 1.82) is 0 Å². The zero-order valence-corrected chi connectivity index (χ0v) is 17.7. The minimum atomic E-state index is -0.239. The number of hydrogen-bond donors (Lipinski definition) is 0. The number of halogens is 2. The van der Waals surface area contributed by atoms with Gasteiger partial charge in [-0.3, -0.25) is 4.79 Å². The maximum atomic E-state index is 13.9. The molecular weight excluding hydrogens is 402 g/mol. The van der Waals surface area contributed by atoms with Crippen molar-refractivity contribution in [1.82, 2.24) is 0 Å². The number of benzene rings is 4. The van der Waals surface area contributed by atoms with Crippen molar-refractivity contribution in [3.63, 3.8) is 0 Å². The molecule has 0 amide bonds. The van der Waals surface area contributed by atoms with Crippen LogP contribution in [0, 0.1) is 11.6 Å². The Morgan fingerprint density at radius 1 is 0.531 bits per heavy atom. The second-order valence-corrected chi connectivity index (χ2v) is 7.89. The number of carbonyl (C=O) groups excluding carboxylic acids is 1. The Labute approximate surface area is 187 Å². The SMILES string of the molecule is O=C(CCc1ccc(-c2ccccc2F)cc1)CCc1ccc(-c2ccccc2F)cc1. The van der Waals surface area contributed by atoms with Crippen molar-refractivity contribution in [2.24, 2.45) is 0 Å². The summed E-state index contributed by atoms with van der Waals surface area (Å²) in [5.74, 6) is -0.268. The first-order valence-corrected chi connectivity index (χ1v) is 10.8. The molecule has 0 aliphatic rings. The summed E-state index contributed by atoms with van der Waals surface area (Å²) >= 11 is 0. The van der Waals surface area contributed by atoms with Gasteiger partial charge in [-0.25, -0.2) is 8.78 Å². The molecule has 0 fully saturated rings. The Morgan fingerprint density at radius 3 is 1.28 bits per heavy atom. The third kappa shape index (κ3) is 5.36. The van der Waals surface area contributed by atoms with Gasteiger partial charge in [-0.05, 0) is 47.2 Å². The van der Waals surface area contributed by atoms with E-state index in [1.165, 1.54) is 12.1 Å². The number of carbonyl (C=O) groups is 1. The molecule has 0 bridgehead atoms. The van der Waals surface area contributed by atoms with Crippen LogP contribution in [-0.4, -0.2) is 5.78 Å². The number of rotatable bonds is 8. The Balaban J connectivity index is 1.27. The average Bonchev–Trinajstić information content (AvgIpc) is 2.83. The highest BCUT2D eigenvalue weighted by atomic mass is 19.1. The van der Waals surface area contributed by atoms with Gasteiger partial charge in [0.15, 0.2) is 0 Å². The first-order valence-electron chi connectivity index (χ1n) is 10.8. The molecule has 0 radical (unpaired) electrons. The number of Topliss-reactive ketones (excluding diaryl/α,β-unsaturated/α-hetero) is 1. The molecule has 160 valence electrons. The monoisotopic (exact) mass is 426 g/mol. The fraction of sp³-hybridized carbons (Fsp3) is 0.138. The molecule has 4 aromatic carbocycles. The molecule has 1 nitrogen and oxygen atoms in total. The summed E-state index contributed by atoms with van der Waals surface area (Å²) in [4.78, 5) is 12.4. The van der Waals surface area contributed by atoms with Crippen LogP contribution in [0.25, 0.3) is 22.3 Å². The van der Waals surface area contributed by atoms with Crippen molar-refractivity contribution in [3.05, 3.63) is 120 Å². The lowest BCUT2D eigenvalue weighted by molar-refractivity contribution is -0.119. The summed E-state index contributed by atoms with van der Waals surface area (Å²) in [5.41, 5.74) is 4.95. The van der Waals surface area contributed by atoms with Crippen LogP contribution in [0.5, 0.6) is 0 Å². The van der Waals surface area contributed by atoms with E-state index in [4.69, 9.17) is 0 Å². The van der Waals surface area contributed by atoms with E-state index in [2.05, 4.69) is 0 Å². The minimum Gasteiger partial charge on any atom is -0.300 e. The molecule has 0 spiro atoms. The van der Waals surface area contributed by atoms with Crippen LogP contribution < -0.4 is 0 Å². The largest absolute Gasteiger partial charge is 0.300 e. The molecule has 4 aromatic rings. The van der Waals surface area contributed by atoms with Crippen LogP contribution in [-0.2, 0) is 17.6 Å². The molecule has 0 heterocycles. The highest BCUT2D eigenvalue weighted by molar-refractivity contribution is 5.79. The first kappa shape index (κ1) is 21.6. The van der Waals surface area contributed by atoms with E-state index in [1.807, 2.05) is 60.7 Å². The maximum Gasteiger partial charge on any atom is 0.133 e. The highest BCUT2D eigenvalue weighted by Gasteiger charge is 2.08. The lowest BCUT2D eigenvalue weighted by Gasteiger charge is -2.07. The maximum absolute atomic E-state index is 13.9. The summed E-state index contributed by atoms with van der Waals surface area (Å²) in [7, 11) is 0. The second kappa shape index (κ2) is 10.1. The Hall–Kier alpha value is -3.59. The van der Waals surface area contributed by atoms with E-state index in [0.29, 0.717) is 36.8 Å². The van der Waals surface area contributed by atoms with Gasteiger partial charge in [0.2, 0.25) is 0 Å². The standard InChI is InChI=1S/C29H24F2O/c30-28-7-3-1-5-26(28)23-15-9-21(10-16-23)13-19-25(32)20-14-22-11-17-24(18-12-22)27-6-2-4-8-29(27)31/h1-12,15-18H,13-14,19-20H2. The number of aryl methyl sites for hydroxylation is 2. The van der Waals surface area contributed by atoms with Crippen LogP contribution in [0.3, 0.4) is 0 Å². The Kier molecular flexibility index (Phi) is 6.86. The molecule has 0 aliphatic carbocycles. The molecule has 3 heteroatoms. The molecule has 4 rings (SSSR count). The highest BCUT2D eigenvalue weighted by Crippen LogP contribution is 2.24. The molecule has 0 saturated heterocycles. The van der Waals surface area contributed by atoms with Gasteiger partial charge in [-0.2, -0.15) is 0 Å². The summed E-state index contributed by atoms with van der Waals surface area (Å²) in [6, 6.07) is 28.8. The van der Waals surface area contributed by atoms with Crippen molar-refractivity contribution in [3.8, 4) is 22.3 Å². The predicted octanol–water partition coefficient (Wildman–Crippen LogP) is 7.43. The van der Waals surface area contributed by atoms with E-state index in [0.717, 1.165) is 22.3 Å². The van der Waals surface area contributed by atoms with Crippen molar-refractivity contribution in [2.45, 2.75) is 25.7 Å². The minimum absolute atomic E-state index is 0.210. The van der Waals surface area contributed by atoms with E-state index in [9.17, 15) is 13.6 Å². The lowest BCUT2D eigenvalue weighted by Crippen LogP contribution is -2.02. The average molecular weight is 427 g/mol. The summed E-state index contributed by atoms with van der Waals surface area (Å²) in [5, 5.41) is 0.